The maximum atomic E-state index is 11.8. The molecular weight excluding hydrogens is 214 g/mol. The van der Waals surface area contributed by atoms with E-state index in [2.05, 4.69) is 10.3 Å². The molecule has 2 amide bonds. The van der Waals surface area contributed by atoms with Crippen molar-refractivity contribution in [2.45, 2.75) is 32.7 Å². The van der Waals surface area contributed by atoms with Crippen molar-refractivity contribution in [2.75, 3.05) is 13.6 Å². The van der Waals surface area contributed by atoms with Gasteiger partial charge in [-0.15, -0.1) is 0 Å². The zero-order valence-electron chi connectivity index (χ0n) is 11.0. The second kappa shape index (κ2) is 5.66. The van der Waals surface area contributed by atoms with Crippen LogP contribution in [-0.2, 0) is 6.42 Å². The molecule has 94 valence electrons. The van der Waals surface area contributed by atoms with Gasteiger partial charge in [0, 0.05) is 37.4 Å². The zero-order valence-corrected chi connectivity index (χ0v) is 11.0. The summed E-state index contributed by atoms with van der Waals surface area (Å²) in [5.74, 6) is 0. The van der Waals surface area contributed by atoms with Crippen LogP contribution in [0.5, 0.6) is 0 Å². The van der Waals surface area contributed by atoms with Gasteiger partial charge in [0.2, 0.25) is 0 Å². The van der Waals surface area contributed by atoms with E-state index in [4.69, 9.17) is 0 Å². The van der Waals surface area contributed by atoms with Crippen LogP contribution in [0.15, 0.2) is 24.4 Å². The molecule has 0 aliphatic rings. The predicted octanol–water partition coefficient (Wildman–Crippen LogP) is 2.06. The van der Waals surface area contributed by atoms with Gasteiger partial charge in [-0.1, -0.05) is 6.07 Å². The highest BCUT2D eigenvalue weighted by molar-refractivity contribution is 5.74. The predicted molar refractivity (Wildman–Crippen MR) is 68.9 cm³/mol. The summed E-state index contributed by atoms with van der Waals surface area (Å²) in [6.45, 7) is 6.57. The van der Waals surface area contributed by atoms with Crippen LogP contribution >= 0.6 is 0 Å². The second-order valence-electron chi connectivity index (χ2n) is 5.17. The Kier molecular flexibility index (Phi) is 4.49. The fourth-order valence-electron chi connectivity index (χ4n) is 1.35. The molecule has 1 rings (SSSR count). The third kappa shape index (κ3) is 5.33. The number of hydrogen-bond donors (Lipinski definition) is 1. The van der Waals surface area contributed by atoms with Crippen LogP contribution in [0.2, 0.25) is 0 Å². The van der Waals surface area contributed by atoms with Crippen LogP contribution < -0.4 is 5.32 Å². The van der Waals surface area contributed by atoms with E-state index in [1.807, 2.05) is 39.0 Å². The molecule has 4 nitrogen and oxygen atoms in total. The number of hydrogen-bond acceptors (Lipinski definition) is 2. The molecule has 0 aliphatic heterocycles. The summed E-state index contributed by atoms with van der Waals surface area (Å²) >= 11 is 0. The lowest BCUT2D eigenvalue weighted by molar-refractivity contribution is 0.200. The van der Waals surface area contributed by atoms with E-state index in [9.17, 15) is 4.79 Å². The Hall–Kier alpha value is -1.58. The van der Waals surface area contributed by atoms with Crippen LogP contribution in [0.25, 0.3) is 0 Å². The molecule has 0 fully saturated rings. The van der Waals surface area contributed by atoms with Gasteiger partial charge in [0.1, 0.15) is 0 Å². The summed E-state index contributed by atoms with van der Waals surface area (Å²) in [5.41, 5.74) is 0.805. The number of aromatic nitrogens is 1. The third-order valence-corrected chi connectivity index (χ3v) is 2.26. The van der Waals surface area contributed by atoms with Gasteiger partial charge in [-0.25, -0.2) is 4.79 Å². The number of nitrogens with one attached hydrogen (secondary N) is 1. The lowest BCUT2D eigenvalue weighted by Crippen LogP contribution is -2.47. The van der Waals surface area contributed by atoms with Crippen molar-refractivity contribution in [3.8, 4) is 0 Å². The molecule has 1 N–H and O–H groups in total. The number of carbonyl (C=O) groups is 1. The van der Waals surface area contributed by atoms with Crippen LogP contribution in [0.4, 0.5) is 4.79 Å². The van der Waals surface area contributed by atoms with Gasteiger partial charge in [-0.05, 0) is 32.9 Å². The minimum Gasteiger partial charge on any atom is -0.333 e. The molecule has 0 unspecified atom stereocenters. The lowest BCUT2D eigenvalue weighted by atomic mass is 10.1. The molecule has 1 aromatic rings. The maximum absolute atomic E-state index is 11.8. The standard InChI is InChI=1S/C13H21N3O/c1-13(2,3)15-12(17)16(4)10-8-11-7-5-6-9-14-11/h5-7,9H,8,10H2,1-4H3,(H,15,17). The first-order valence-electron chi connectivity index (χ1n) is 5.82. The fraction of sp³-hybridized carbons (Fsp3) is 0.538. The number of carbonyl (C=O) groups excluding carboxylic acids is 1. The van der Waals surface area contributed by atoms with Crippen molar-refractivity contribution < 1.29 is 4.79 Å². The summed E-state index contributed by atoms with van der Waals surface area (Å²) in [7, 11) is 1.80. The van der Waals surface area contributed by atoms with Gasteiger partial charge in [0.05, 0.1) is 0 Å². The summed E-state index contributed by atoms with van der Waals surface area (Å²) in [6, 6.07) is 5.76. The normalized spacial score (nSPS) is 11.1. The van der Waals surface area contributed by atoms with Gasteiger partial charge < -0.3 is 10.2 Å². The molecule has 0 radical (unpaired) electrons. The van der Waals surface area contributed by atoms with Gasteiger partial charge >= 0.3 is 6.03 Å². The van der Waals surface area contributed by atoms with E-state index in [-0.39, 0.29) is 11.6 Å². The summed E-state index contributed by atoms with van der Waals surface area (Å²) < 4.78 is 0. The minimum atomic E-state index is -0.198. The topological polar surface area (TPSA) is 45.2 Å². The van der Waals surface area contributed by atoms with Crippen molar-refractivity contribution in [1.82, 2.24) is 15.2 Å². The molecule has 0 spiro atoms. The molecule has 17 heavy (non-hydrogen) atoms. The first kappa shape index (κ1) is 13.5. The van der Waals surface area contributed by atoms with Crippen LogP contribution in [0.1, 0.15) is 26.5 Å². The van der Waals surface area contributed by atoms with Crippen LogP contribution in [0, 0.1) is 0 Å². The SMILES string of the molecule is CN(CCc1ccccn1)C(=O)NC(C)(C)C. The van der Waals surface area contributed by atoms with Gasteiger partial charge in [0.25, 0.3) is 0 Å². The molecule has 0 saturated carbocycles. The molecule has 1 aromatic heterocycles. The van der Waals surface area contributed by atoms with Gasteiger partial charge in [0.15, 0.2) is 0 Å². The van der Waals surface area contributed by atoms with Gasteiger partial charge in [-0.2, -0.15) is 0 Å². The molecule has 0 atom stereocenters. The Labute approximate surface area is 103 Å². The van der Waals surface area contributed by atoms with E-state index in [1.54, 1.807) is 18.1 Å². The van der Waals surface area contributed by atoms with Gasteiger partial charge in [-0.3, -0.25) is 4.98 Å². The summed E-state index contributed by atoms with van der Waals surface area (Å²) in [5, 5.41) is 2.92. The largest absolute Gasteiger partial charge is 0.333 e. The first-order valence-corrected chi connectivity index (χ1v) is 5.82. The van der Waals surface area contributed by atoms with E-state index in [0.29, 0.717) is 6.54 Å². The zero-order chi connectivity index (χ0) is 12.9. The lowest BCUT2D eigenvalue weighted by Gasteiger charge is -2.25. The van der Waals surface area contributed by atoms with Crippen LogP contribution in [0.3, 0.4) is 0 Å². The number of rotatable bonds is 3. The van der Waals surface area contributed by atoms with Crippen molar-refractivity contribution in [2.24, 2.45) is 0 Å². The summed E-state index contributed by atoms with van der Waals surface area (Å²) in [6.07, 6.45) is 2.54. The highest BCUT2D eigenvalue weighted by Gasteiger charge is 2.16. The number of urea groups is 1. The molecule has 0 aromatic carbocycles. The highest BCUT2D eigenvalue weighted by atomic mass is 16.2. The minimum absolute atomic E-state index is 0.0477. The summed E-state index contributed by atoms with van der Waals surface area (Å²) in [4.78, 5) is 17.7. The van der Waals surface area contributed by atoms with Crippen molar-refractivity contribution in [1.29, 1.82) is 0 Å². The highest BCUT2D eigenvalue weighted by Crippen LogP contribution is 2.01. The Morgan fingerprint density at radius 2 is 2.12 bits per heavy atom. The quantitative estimate of drug-likeness (QED) is 0.871. The number of likely N-dealkylation sites (N-methyl/N-ethyl adjacent to an activating group) is 1. The Bertz CT molecular complexity index is 357. The van der Waals surface area contributed by atoms with Crippen molar-refractivity contribution >= 4 is 6.03 Å². The van der Waals surface area contributed by atoms with Crippen LogP contribution in [-0.4, -0.2) is 35.0 Å². The fourth-order valence-corrected chi connectivity index (χ4v) is 1.35. The maximum Gasteiger partial charge on any atom is 0.317 e. The number of nitrogens with zero attached hydrogens (tertiary/aromatic N) is 2. The average molecular weight is 235 g/mol. The molecule has 0 saturated heterocycles. The second-order valence-corrected chi connectivity index (χ2v) is 5.17. The average Bonchev–Trinajstić information content (AvgIpc) is 2.25. The number of pyridine rings is 1. The van der Waals surface area contributed by atoms with Crippen molar-refractivity contribution in [3.63, 3.8) is 0 Å². The van der Waals surface area contributed by atoms with Crippen molar-refractivity contribution in [3.05, 3.63) is 30.1 Å². The Balaban J connectivity index is 2.40. The molecule has 1 heterocycles. The van der Waals surface area contributed by atoms with E-state index >= 15 is 0 Å². The molecule has 0 bridgehead atoms. The first-order chi connectivity index (χ1) is 7.88. The Morgan fingerprint density at radius 3 is 2.65 bits per heavy atom. The third-order valence-electron chi connectivity index (χ3n) is 2.26. The van der Waals surface area contributed by atoms with E-state index in [1.165, 1.54) is 0 Å². The molecule has 4 heteroatoms. The monoisotopic (exact) mass is 235 g/mol. The molecular formula is C13H21N3O. The molecule has 0 aliphatic carbocycles. The van der Waals surface area contributed by atoms with E-state index in [0.717, 1.165) is 12.1 Å². The number of amides is 2. The van der Waals surface area contributed by atoms with E-state index < -0.39 is 0 Å². The Morgan fingerprint density at radius 1 is 1.41 bits per heavy atom. The smallest absolute Gasteiger partial charge is 0.317 e.